The van der Waals surface area contributed by atoms with Crippen LogP contribution in [0.2, 0.25) is 0 Å². The number of aliphatic hydroxyl groups is 1. The molecule has 0 saturated carbocycles. The summed E-state index contributed by atoms with van der Waals surface area (Å²) in [6, 6.07) is 16.6. The zero-order valence-corrected chi connectivity index (χ0v) is 13.9. The van der Waals surface area contributed by atoms with Gasteiger partial charge in [-0.2, -0.15) is 0 Å². The fourth-order valence-corrected chi connectivity index (χ4v) is 3.87. The first-order valence-corrected chi connectivity index (χ1v) is 8.72. The molecular formula is C20H22N2O3. The summed E-state index contributed by atoms with van der Waals surface area (Å²) in [5.74, 6) is 0.0741. The Morgan fingerprint density at radius 3 is 2.36 bits per heavy atom. The number of hydrogen-bond acceptors (Lipinski definition) is 4. The molecule has 0 spiro atoms. The zero-order valence-electron chi connectivity index (χ0n) is 13.9. The third-order valence-corrected chi connectivity index (χ3v) is 5.11. The predicted molar refractivity (Wildman–Crippen MR) is 95.5 cm³/mol. The normalized spacial score (nSPS) is 21.6. The van der Waals surface area contributed by atoms with Crippen LogP contribution in [-0.2, 0) is 4.74 Å². The minimum Gasteiger partial charge on any atom is -0.449 e. The van der Waals surface area contributed by atoms with Crippen molar-refractivity contribution in [1.82, 2.24) is 10.6 Å². The van der Waals surface area contributed by atoms with E-state index in [-0.39, 0.29) is 24.6 Å². The number of aliphatic hydroxyl groups excluding tert-OH is 1. The third-order valence-electron chi connectivity index (χ3n) is 5.11. The van der Waals surface area contributed by atoms with Crippen LogP contribution in [0.15, 0.2) is 48.5 Å². The highest BCUT2D eigenvalue weighted by Crippen LogP contribution is 2.44. The van der Waals surface area contributed by atoms with Crippen LogP contribution in [0, 0.1) is 0 Å². The number of ether oxygens (including phenoxy) is 1. The quantitative estimate of drug-likeness (QED) is 0.800. The summed E-state index contributed by atoms with van der Waals surface area (Å²) in [6.07, 6.45) is 0.327. The van der Waals surface area contributed by atoms with Gasteiger partial charge in [-0.1, -0.05) is 48.5 Å². The van der Waals surface area contributed by atoms with Gasteiger partial charge in [0.2, 0.25) is 0 Å². The van der Waals surface area contributed by atoms with E-state index in [1.54, 1.807) is 0 Å². The maximum atomic E-state index is 12.2. The van der Waals surface area contributed by atoms with Crippen LogP contribution in [0.3, 0.4) is 0 Å². The molecule has 3 N–H and O–H groups in total. The van der Waals surface area contributed by atoms with Gasteiger partial charge >= 0.3 is 6.09 Å². The number of carbonyl (C=O) groups excluding carboxylic acids is 1. The van der Waals surface area contributed by atoms with Crippen molar-refractivity contribution in [3.05, 3.63) is 59.7 Å². The molecule has 1 unspecified atom stereocenters. The first-order chi connectivity index (χ1) is 12.3. The maximum absolute atomic E-state index is 12.2. The van der Waals surface area contributed by atoms with Gasteiger partial charge in [-0.15, -0.1) is 0 Å². The molecule has 25 heavy (non-hydrogen) atoms. The van der Waals surface area contributed by atoms with Crippen molar-refractivity contribution in [2.75, 3.05) is 19.8 Å². The minimum atomic E-state index is -0.396. The Morgan fingerprint density at radius 1 is 1.12 bits per heavy atom. The molecule has 4 rings (SSSR count). The molecule has 5 nitrogen and oxygen atoms in total. The number of carbonyl (C=O) groups is 1. The van der Waals surface area contributed by atoms with Crippen molar-refractivity contribution in [3.63, 3.8) is 0 Å². The van der Waals surface area contributed by atoms with E-state index in [0.29, 0.717) is 13.2 Å². The summed E-state index contributed by atoms with van der Waals surface area (Å²) in [7, 11) is 0. The highest BCUT2D eigenvalue weighted by atomic mass is 16.5. The summed E-state index contributed by atoms with van der Waals surface area (Å²) in [5, 5.41) is 15.2. The number of hydrogen-bond donors (Lipinski definition) is 3. The molecule has 2 aromatic carbocycles. The van der Waals surface area contributed by atoms with Crippen LogP contribution < -0.4 is 10.6 Å². The van der Waals surface area contributed by atoms with Gasteiger partial charge in [-0.3, -0.25) is 0 Å². The fraction of sp³-hybridized carbons (Fsp3) is 0.350. The van der Waals surface area contributed by atoms with Crippen LogP contribution in [0.1, 0.15) is 23.5 Å². The van der Waals surface area contributed by atoms with E-state index in [9.17, 15) is 4.79 Å². The second kappa shape index (κ2) is 6.86. The van der Waals surface area contributed by atoms with Crippen LogP contribution in [-0.4, -0.2) is 43.0 Å². The lowest BCUT2D eigenvalue weighted by Crippen LogP contribution is -2.37. The van der Waals surface area contributed by atoms with Crippen LogP contribution in [0.5, 0.6) is 0 Å². The predicted octanol–water partition coefficient (Wildman–Crippen LogP) is 2.25. The molecule has 2 atom stereocenters. The average Bonchev–Trinajstić information content (AvgIpc) is 3.22. The molecule has 0 radical (unpaired) electrons. The third kappa shape index (κ3) is 3.13. The molecule has 1 heterocycles. The second-order valence-electron chi connectivity index (χ2n) is 6.69. The lowest BCUT2D eigenvalue weighted by atomic mass is 9.98. The Bertz CT molecular complexity index is 732. The van der Waals surface area contributed by atoms with Gasteiger partial charge in [0.1, 0.15) is 6.61 Å². The molecular weight excluding hydrogens is 316 g/mol. The van der Waals surface area contributed by atoms with Gasteiger partial charge in [-0.25, -0.2) is 4.79 Å². The Hall–Kier alpha value is -2.37. The number of nitrogens with one attached hydrogen (secondary N) is 2. The SMILES string of the molecule is O=C(N[C@H]1CNC(CO)C1)OCC1c2ccccc2-c2ccccc21. The van der Waals surface area contributed by atoms with Crippen molar-refractivity contribution in [2.24, 2.45) is 0 Å². The Morgan fingerprint density at radius 2 is 1.76 bits per heavy atom. The smallest absolute Gasteiger partial charge is 0.407 e. The molecule has 1 saturated heterocycles. The summed E-state index contributed by atoms with van der Waals surface area (Å²) < 4.78 is 5.53. The van der Waals surface area contributed by atoms with E-state index in [4.69, 9.17) is 9.84 Å². The number of alkyl carbamates (subject to hydrolysis) is 1. The van der Waals surface area contributed by atoms with E-state index in [2.05, 4.69) is 34.9 Å². The standard InChI is InChI=1S/C20H22N2O3/c23-11-14-9-13(10-21-14)22-20(24)25-12-19-17-7-3-1-5-15(17)16-6-2-4-8-18(16)19/h1-8,13-14,19,21,23H,9-12H2,(H,22,24)/t13-,14?/m1/s1. The summed E-state index contributed by atoms with van der Waals surface area (Å²) in [6.45, 7) is 1.07. The molecule has 5 heteroatoms. The topological polar surface area (TPSA) is 70.6 Å². The van der Waals surface area contributed by atoms with Gasteiger partial charge in [0, 0.05) is 24.5 Å². The van der Waals surface area contributed by atoms with E-state index in [1.807, 2.05) is 24.3 Å². The van der Waals surface area contributed by atoms with Gasteiger partial charge < -0.3 is 20.5 Å². The summed E-state index contributed by atoms with van der Waals surface area (Å²) in [5.41, 5.74) is 4.86. The van der Waals surface area contributed by atoms with Crippen molar-refractivity contribution < 1.29 is 14.6 Å². The Kier molecular flexibility index (Phi) is 4.42. The number of benzene rings is 2. The number of amides is 1. The summed E-state index contributed by atoms with van der Waals surface area (Å²) in [4.78, 5) is 12.2. The Balaban J connectivity index is 1.42. The first-order valence-electron chi connectivity index (χ1n) is 8.72. The molecule has 1 aliphatic carbocycles. The lowest BCUT2D eigenvalue weighted by molar-refractivity contribution is 0.139. The van der Waals surface area contributed by atoms with Gasteiger partial charge in [0.15, 0.2) is 0 Å². The van der Waals surface area contributed by atoms with Gasteiger partial charge in [0.05, 0.1) is 6.61 Å². The first kappa shape index (κ1) is 16.1. The molecule has 1 amide bonds. The van der Waals surface area contributed by atoms with Crippen molar-refractivity contribution in [3.8, 4) is 11.1 Å². The molecule has 2 aromatic rings. The van der Waals surface area contributed by atoms with Crippen LogP contribution in [0.25, 0.3) is 11.1 Å². The highest BCUT2D eigenvalue weighted by Gasteiger charge is 2.30. The highest BCUT2D eigenvalue weighted by molar-refractivity contribution is 5.79. The van der Waals surface area contributed by atoms with E-state index < -0.39 is 6.09 Å². The fourth-order valence-electron chi connectivity index (χ4n) is 3.87. The molecule has 130 valence electrons. The molecule has 0 aromatic heterocycles. The lowest BCUT2D eigenvalue weighted by Gasteiger charge is -2.16. The van der Waals surface area contributed by atoms with Gasteiger partial charge in [-0.05, 0) is 28.7 Å². The Labute approximate surface area is 147 Å². The number of fused-ring (bicyclic) bond motifs is 3. The minimum absolute atomic E-state index is 0.00722. The van der Waals surface area contributed by atoms with E-state index in [1.165, 1.54) is 22.3 Å². The molecule has 2 aliphatic rings. The van der Waals surface area contributed by atoms with Crippen molar-refractivity contribution >= 4 is 6.09 Å². The average molecular weight is 338 g/mol. The number of rotatable bonds is 4. The van der Waals surface area contributed by atoms with E-state index >= 15 is 0 Å². The molecule has 1 aliphatic heterocycles. The monoisotopic (exact) mass is 338 g/mol. The molecule has 1 fully saturated rings. The van der Waals surface area contributed by atoms with Gasteiger partial charge in [0.25, 0.3) is 0 Å². The van der Waals surface area contributed by atoms with Crippen molar-refractivity contribution in [2.45, 2.75) is 24.4 Å². The summed E-state index contributed by atoms with van der Waals surface area (Å²) >= 11 is 0. The maximum Gasteiger partial charge on any atom is 0.407 e. The van der Waals surface area contributed by atoms with Crippen LogP contribution >= 0.6 is 0 Å². The molecule has 0 bridgehead atoms. The second-order valence-corrected chi connectivity index (χ2v) is 6.69. The van der Waals surface area contributed by atoms with E-state index in [0.717, 1.165) is 6.42 Å². The van der Waals surface area contributed by atoms with Crippen LogP contribution in [0.4, 0.5) is 4.79 Å². The zero-order chi connectivity index (χ0) is 17.2. The largest absolute Gasteiger partial charge is 0.449 e. The van der Waals surface area contributed by atoms with Crippen molar-refractivity contribution in [1.29, 1.82) is 0 Å².